The van der Waals surface area contributed by atoms with Gasteiger partial charge in [0.05, 0.1) is 0 Å². The molecule has 1 aromatic rings. The van der Waals surface area contributed by atoms with Gasteiger partial charge in [-0.05, 0) is 31.2 Å². The summed E-state index contributed by atoms with van der Waals surface area (Å²) in [4.78, 5) is 13.9. The van der Waals surface area contributed by atoms with E-state index in [2.05, 4.69) is 10.1 Å². The smallest absolute Gasteiger partial charge is 0.406 e. The van der Waals surface area contributed by atoms with Crippen LogP contribution in [0.4, 0.5) is 13.2 Å². The maximum Gasteiger partial charge on any atom is 0.573 e. The summed E-state index contributed by atoms with van der Waals surface area (Å²) in [7, 11) is 0. The average Bonchev–Trinajstić information content (AvgIpc) is 2.37. The minimum atomic E-state index is -4.72. The molecule has 0 radical (unpaired) electrons. The number of ether oxygens (including phenoxy) is 1. The predicted octanol–water partition coefficient (Wildman–Crippen LogP) is 2.02. The molecule has 1 amide bonds. The number of rotatable bonds is 2. The Labute approximate surface area is 114 Å². The minimum absolute atomic E-state index is 0.0577. The third-order valence-electron chi connectivity index (χ3n) is 3.10. The lowest BCUT2D eigenvalue weighted by atomic mass is 10.1. The SMILES string of the molecule is C[C@H]1CNCCN1C(=O)c1ccc(OC(F)(F)F)cc1. The van der Waals surface area contributed by atoms with Crippen molar-refractivity contribution in [1.29, 1.82) is 0 Å². The highest BCUT2D eigenvalue weighted by Crippen LogP contribution is 2.23. The molecule has 110 valence electrons. The minimum Gasteiger partial charge on any atom is -0.406 e. The zero-order valence-corrected chi connectivity index (χ0v) is 10.9. The van der Waals surface area contributed by atoms with Crippen molar-refractivity contribution < 1.29 is 22.7 Å². The van der Waals surface area contributed by atoms with Crippen LogP contribution in [0.1, 0.15) is 17.3 Å². The molecule has 1 aliphatic rings. The summed E-state index contributed by atoms with van der Waals surface area (Å²) in [6.07, 6.45) is -4.72. The van der Waals surface area contributed by atoms with E-state index in [4.69, 9.17) is 0 Å². The largest absolute Gasteiger partial charge is 0.573 e. The first-order valence-corrected chi connectivity index (χ1v) is 6.24. The second-order valence-electron chi connectivity index (χ2n) is 4.62. The second kappa shape index (κ2) is 5.70. The fraction of sp³-hybridized carbons (Fsp3) is 0.462. The number of benzene rings is 1. The molecule has 1 saturated heterocycles. The van der Waals surface area contributed by atoms with Gasteiger partial charge in [-0.25, -0.2) is 0 Å². The number of carbonyl (C=O) groups is 1. The first-order valence-electron chi connectivity index (χ1n) is 6.24. The van der Waals surface area contributed by atoms with Crippen LogP contribution in [0, 0.1) is 0 Å². The van der Waals surface area contributed by atoms with Gasteiger partial charge in [0.1, 0.15) is 5.75 Å². The van der Waals surface area contributed by atoms with Crippen molar-refractivity contribution in [3.63, 3.8) is 0 Å². The van der Waals surface area contributed by atoms with Crippen LogP contribution < -0.4 is 10.1 Å². The lowest BCUT2D eigenvalue weighted by Crippen LogP contribution is -2.52. The van der Waals surface area contributed by atoms with Crippen molar-refractivity contribution in [3.05, 3.63) is 29.8 Å². The lowest BCUT2D eigenvalue weighted by Gasteiger charge is -2.34. The Morgan fingerprint density at radius 2 is 2.00 bits per heavy atom. The van der Waals surface area contributed by atoms with Crippen LogP contribution in [-0.2, 0) is 0 Å². The molecule has 0 bridgehead atoms. The van der Waals surface area contributed by atoms with E-state index >= 15 is 0 Å². The van der Waals surface area contributed by atoms with Crippen molar-refractivity contribution in [2.45, 2.75) is 19.3 Å². The van der Waals surface area contributed by atoms with Crippen molar-refractivity contribution in [1.82, 2.24) is 10.2 Å². The molecule has 2 rings (SSSR count). The van der Waals surface area contributed by atoms with Gasteiger partial charge in [0.2, 0.25) is 0 Å². The number of nitrogens with one attached hydrogen (secondary N) is 1. The molecule has 0 spiro atoms. The molecule has 0 saturated carbocycles. The van der Waals surface area contributed by atoms with E-state index in [9.17, 15) is 18.0 Å². The van der Waals surface area contributed by atoms with E-state index in [1.54, 1.807) is 4.90 Å². The van der Waals surface area contributed by atoms with Crippen LogP contribution in [0.15, 0.2) is 24.3 Å². The molecular formula is C13H15F3N2O2. The summed E-state index contributed by atoms with van der Waals surface area (Å²) in [5, 5.41) is 3.17. The van der Waals surface area contributed by atoms with E-state index in [0.29, 0.717) is 25.2 Å². The van der Waals surface area contributed by atoms with E-state index in [-0.39, 0.29) is 17.7 Å². The summed E-state index contributed by atoms with van der Waals surface area (Å²) in [5.74, 6) is -0.514. The molecule has 1 aromatic carbocycles. The van der Waals surface area contributed by atoms with Crippen molar-refractivity contribution in [2.24, 2.45) is 0 Å². The Bertz CT molecular complexity index is 473. The van der Waals surface area contributed by atoms with Crippen molar-refractivity contribution in [3.8, 4) is 5.75 Å². The molecule has 1 heterocycles. The van der Waals surface area contributed by atoms with Gasteiger partial charge in [-0.15, -0.1) is 13.2 Å². The maximum atomic E-state index is 12.2. The lowest BCUT2D eigenvalue weighted by molar-refractivity contribution is -0.274. The summed E-state index contributed by atoms with van der Waals surface area (Å²) in [6, 6.07) is 5.04. The standard InChI is InChI=1S/C13H15F3N2O2/c1-9-8-17-6-7-18(9)12(19)10-2-4-11(5-3-10)20-13(14,15)16/h2-5,9,17H,6-8H2,1H3/t9-/m0/s1. The van der Waals surface area contributed by atoms with Gasteiger partial charge in [0, 0.05) is 31.2 Å². The third-order valence-corrected chi connectivity index (χ3v) is 3.10. The fourth-order valence-corrected chi connectivity index (χ4v) is 2.11. The summed E-state index contributed by atoms with van der Waals surface area (Å²) in [5.41, 5.74) is 0.355. The number of nitrogens with zero attached hydrogens (tertiary/aromatic N) is 1. The summed E-state index contributed by atoms with van der Waals surface area (Å²) in [6.45, 7) is 3.93. The molecule has 7 heteroatoms. The second-order valence-corrected chi connectivity index (χ2v) is 4.62. The molecule has 20 heavy (non-hydrogen) atoms. The molecule has 1 N–H and O–H groups in total. The van der Waals surface area contributed by atoms with Gasteiger partial charge >= 0.3 is 6.36 Å². The number of halogens is 3. The topological polar surface area (TPSA) is 41.6 Å². The number of amides is 1. The Morgan fingerprint density at radius 1 is 1.35 bits per heavy atom. The van der Waals surface area contributed by atoms with E-state index < -0.39 is 6.36 Å². The molecule has 0 aromatic heterocycles. The number of piperazine rings is 1. The number of hydrogen-bond donors (Lipinski definition) is 1. The van der Waals surface area contributed by atoms with Gasteiger partial charge in [-0.3, -0.25) is 4.79 Å². The Kier molecular flexibility index (Phi) is 4.17. The predicted molar refractivity (Wildman–Crippen MR) is 66.5 cm³/mol. The molecular weight excluding hydrogens is 273 g/mol. The Balaban J connectivity index is 2.07. The Morgan fingerprint density at radius 3 is 2.55 bits per heavy atom. The molecule has 0 unspecified atom stereocenters. The number of hydrogen-bond acceptors (Lipinski definition) is 3. The first kappa shape index (κ1) is 14.6. The number of carbonyl (C=O) groups excluding carboxylic acids is 1. The van der Waals surface area contributed by atoms with Crippen LogP contribution in [0.5, 0.6) is 5.75 Å². The van der Waals surface area contributed by atoms with E-state index in [0.717, 1.165) is 12.1 Å². The van der Waals surface area contributed by atoms with Crippen LogP contribution >= 0.6 is 0 Å². The van der Waals surface area contributed by atoms with Crippen LogP contribution in [0.2, 0.25) is 0 Å². The van der Waals surface area contributed by atoms with E-state index in [1.807, 2.05) is 6.92 Å². The zero-order chi connectivity index (χ0) is 14.8. The molecule has 0 aliphatic carbocycles. The molecule has 4 nitrogen and oxygen atoms in total. The highest BCUT2D eigenvalue weighted by molar-refractivity contribution is 5.94. The molecule has 1 aliphatic heterocycles. The first-order chi connectivity index (χ1) is 9.37. The fourth-order valence-electron chi connectivity index (χ4n) is 2.11. The maximum absolute atomic E-state index is 12.2. The van der Waals surface area contributed by atoms with Gasteiger partial charge in [-0.2, -0.15) is 0 Å². The molecule has 1 fully saturated rings. The van der Waals surface area contributed by atoms with Gasteiger partial charge in [-0.1, -0.05) is 0 Å². The number of alkyl halides is 3. The van der Waals surface area contributed by atoms with Crippen LogP contribution in [0.3, 0.4) is 0 Å². The molecule has 1 atom stereocenters. The van der Waals surface area contributed by atoms with E-state index in [1.165, 1.54) is 12.1 Å². The van der Waals surface area contributed by atoms with Crippen molar-refractivity contribution in [2.75, 3.05) is 19.6 Å². The van der Waals surface area contributed by atoms with Gasteiger partial charge < -0.3 is 15.0 Å². The Hall–Kier alpha value is -1.76. The van der Waals surface area contributed by atoms with Crippen LogP contribution in [0.25, 0.3) is 0 Å². The monoisotopic (exact) mass is 288 g/mol. The van der Waals surface area contributed by atoms with Crippen molar-refractivity contribution >= 4 is 5.91 Å². The summed E-state index contributed by atoms with van der Waals surface area (Å²) >= 11 is 0. The zero-order valence-electron chi connectivity index (χ0n) is 10.9. The van der Waals surface area contributed by atoms with Crippen LogP contribution in [-0.4, -0.2) is 42.8 Å². The third kappa shape index (κ3) is 3.63. The summed E-state index contributed by atoms with van der Waals surface area (Å²) < 4.78 is 39.9. The highest BCUT2D eigenvalue weighted by atomic mass is 19.4. The quantitative estimate of drug-likeness (QED) is 0.905. The van der Waals surface area contributed by atoms with Gasteiger partial charge in [0.15, 0.2) is 0 Å². The normalized spacial score (nSPS) is 19.8. The highest BCUT2D eigenvalue weighted by Gasteiger charge is 2.31. The van der Waals surface area contributed by atoms with Gasteiger partial charge in [0.25, 0.3) is 5.91 Å². The average molecular weight is 288 g/mol.